The number of hydrogen-bond acceptors (Lipinski definition) is 7. The van der Waals surface area contributed by atoms with Crippen LogP contribution in [0.25, 0.3) is 0 Å². The van der Waals surface area contributed by atoms with Gasteiger partial charge in [-0.1, -0.05) is 26.0 Å². The van der Waals surface area contributed by atoms with Crippen LogP contribution in [0.15, 0.2) is 0 Å². The Kier molecular flexibility index (Phi) is 4.45. The molecule has 122 valence electrons. The Bertz CT molecular complexity index is 538. The van der Waals surface area contributed by atoms with Gasteiger partial charge in [0.1, 0.15) is 6.04 Å². The molecule has 1 aliphatic rings. The summed E-state index contributed by atoms with van der Waals surface area (Å²) in [6.07, 6.45) is 0.398. The molecule has 1 saturated heterocycles. The monoisotopic (exact) mass is 310 g/mol. The first-order valence-corrected chi connectivity index (χ1v) is 7.13. The van der Waals surface area contributed by atoms with Crippen molar-refractivity contribution in [2.75, 3.05) is 13.7 Å². The van der Waals surface area contributed by atoms with Crippen molar-refractivity contribution in [2.24, 2.45) is 11.1 Å². The zero-order chi connectivity index (χ0) is 16.5. The van der Waals surface area contributed by atoms with Crippen LogP contribution < -0.4 is 5.73 Å². The largest absolute Gasteiger partial charge is 0.467 e. The van der Waals surface area contributed by atoms with Crippen molar-refractivity contribution in [3.8, 4) is 0 Å². The Labute approximate surface area is 128 Å². The van der Waals surface area contributed by atoms with Crippen molar-refractivity contribution in [1.82, 2.24) is 25.5 Å². The normalized spacial score (nSPS) is 23.4. The third-order valence-corrected chi connectivity index (χ3v) is 3.98. The number of likely N-dealkylation sites (tertiary alicyclic amines) is 1. The Hall–Kier alpha value is -2.03. The Morgan fingerprint density at radius 1 is 1.45 bits per heavy atom. The van der Waals surface area contributed by atoms with Gasteiger partial charge in [-0.15, -0.1) is 10.2 Å². The average molecular weight is 310 g/mol. The van der Waals surface area contributed by atoms with Crippen molar-refractivity contribution >= 4 is 11.9 Å². The molecule has 0 aliphatic carbocycles. The minimum atomic E-state index is -0.705. The molecule has 3 N–H and O–H groups in total. The summed E-state index contributed by atoms with van der Waals surface area (Å²) in [4.78, 5) is 26.1. The lowest BCUT2D eigenvalue weighted by Crippen LogP contribution is -2.53. The zero-order valence-corrected chi connectivity index (χ0v) is 13.2. The van der Waals surface area contributed by atoms with Gasteiger partial charge in [0.2, 0.25) is 5.91 Å². The van der Waals surface area contributed by atoms with Crippen LogP contribution in [0.5, 0.6) is 0 Å². The third kappa shape index (κ3) is 3.08. The number of nitrogens with one attached hydrogen (secondary N) is 1. The highest BCUT2D eigenvalue weighted by Gasteiger charge is 2.45. The Morgan fingerprint density at radius 2 is 2.14 bits per heavy atom. The second kappa shape index (κ2) is 5.99. The fourth-order valence-electron chi connectivity index (χ4n) is 2.52. The summed E-state index contributed by atoms with van der Waals surface area (Å²) in [5.74, 6) is -0.415. The number of nitrogens with two attached hydrogens (primary N) is 1. The van der Waals surface area contributed by atoms with Crippen LogP contribution in [0.3, 0.4) is 0 Å². The summed E-state index contributed by atoms with van der Waals surface area (Å²) < 4.78 is 4.81. The van der Waals surface area contributed by atoms with Crippen LogP contribution in [0.2, 0.25) is 0 Å². The number of methoxy groups -OCH3 is 1. The molecule has 1 fully saturated rings. The van der Waals surface area contributed by atoms with Crippen LogP contribution in [-0.2, 0) is 14.3 Å². The molecule has 0 bridgehead atoms. The zero-order valence-electron chi connectivity index (χ0n) is 13.2. The average Bonchev–Trinajstić information content (AvgIpc) is 3.12. The molecule has 0 unspecified atom stereocenters. The van der Waals surface area contributed by atoms with E-state index in [9.17, 15) is 9.59 Å². The number of carbonyl (C=O) groups excluding carboxylic acids is 2. The molecule has 9 heteroatoms. The maximum absolute atomic E-state index is 12.7. The lowest BCUT2D eigenvalue weighted by Gasteiger charge is -2.32. The molecule has 2 heterocycles. The van der Waals surface area contributed by atoms with Crippen molar-refractivity contribution in [3.63, 3.8) is 0 Å². The van der Waals surface area contributed by atoms with Gasteiger partial charge in [0.05, 0.1) is 13.2 Å². The number of tetrazole rings is 1. The van der Waals surface area contributed by atoms with Crippen LogP contribution >= 0.6 is 0 Å². The van der Waals surface area contributed by atoms with Gasteiger partial charge in [-0.3, -0.25) is 4.79 Å². The molecule has 0 saturated carbocycles. The summed E-state index contributed by atoms with van der Waals surface area (Å²) in [7, 11) is 1.30. The van der Waals surface area contributed by atoms with Crippen LogP contribution in [-0.4, -0.2) is 63.1 Å². The SMILES string of the molecule is COC(=O)[C@@H]1C[C@@H](c2nn[nH]n2)CN1C(=O)[C@@H](N)C(C)(C)C. The quantitative estimate of drug-likeness (QED) is 0.716. The van der Waals surface area contributed by atoms with Gasteiger partial charge in [0.15, 0.2) is 5.82 Å². The highest BCUT2D eigenvalue weighted by atomic mass is 16.5. The molecule has 0 aromatic carbocycles. The minimum Gasteiger partial charge on any atom is -0.467 e. The summed E-state index contributed by atoms with van der Waals surface area (Å²) in [5, 5.41) is 13.8. The van der Waals surface area contributed by atoms with Crippen LogP contribution in [0.4, 0.5) is 0 Å². The van der Waals surface area contributed by atoms with E-state index in [-0.39, 0.29) is 11.8 Å². The van der Waals surface area contributed by atoms with E-state index in [0.717, 1.165) is 0 Å². The van der Waals surface area contributed by atoms with Gasteiger partial charge in [-0.2, -0.15) is 5.21 Å². The van der Waals surface area contributed by atoms with Gasteiger partial charge < -0.3 is 15.4 Å². The minimum absolute atomic E-state index is 0.168. The second-order valence-corrected chi connectivity index (χ2v) is 6.58. The van der Waals surface area contributed by atoms with Crippen molar-refractivity contribution in [2.45, 2.75) is 45.2 Å². The lowest BCUT2D eigenvalue weighted by atomic mass is 9.86. The number of esters is 1. The summed E-state index contributed by atoms with van der Waals surface area (Å²) in [6.45, 7) is 5.97. The van der Waals surface area contributed by atoms with E-state index in [1.165, 1.54) is 12.0 Å². The van der Waals surface area contributed by atoms with Gasteiger partial charge in [0.25, 0.3) is 0 Å². The van der Waals surface area contributed by atoms with Crippen molar-refractivity contribution in [1.29, 1.82) is 0 Å². The molecular formula is C13H22N6O3. The molecule has 22 heavy (non-hydrogen) atoms. The van der Waals surface area contributed by atoms with Gasteiger partial charge >= 0.3 is 5.97 Å². The highest BCUT2D eigenvalue weighted by Crippen LogP contribution is 2.32. The molecule has 0 radical (unpaired) electrons. The van der Waals surface area contributed by atoms with E-state index in [1.54, 1.807) is 0 Å². The molecular weight excluding hydrogens is 288 g/mol. The molecule has 9 nitrogen and oxygen atoms in total. The van der Waals surface area contributed by atoms with Gasteiger partial charge in [-0.25, -0.2) is 4.79 Å². The standard InChI is InChI=1S/C13H22N6O3/c1-13(2,3)9(14)11(20)19-6-7(10-15-17-18-16-10)5-8(19)12(21)22-4/h7-9H,5-6,14H2,1-4H3,(H,15,16,17,18)/t7-,8+,9-/m1/s1. The first-order valence-electron chi connectivity index (χ1n) is 7.13. The summed E-state index contributed by atoms with van der Waals surface area (Å²) in [5.41, 5.74) is 5.65. The summed E-state index contributed by atoms with van der Waals surface area (Å²) in [6, 6.07) is -1.38. The van der Waals surface area contributed by atoms with Crippen LogP contribution in [0, 0.1) is 5.41 Å². The predicted molar refractivity (Wildman–Crippen MR) is 76.5 cm³/mol. The number of rotatable bonds is 3. The maximum atomic E-state index is 12.7. The Morgan fingerprint density at radius 3 is 2.64 bits per heavy atom. The van der Waals surface area contributed by atoms with E-state index in [1.807, 2.05) is 20.8 Å². The molecule has 3 atom stereocenters. The number of aromatic nitrogens is 4. The third-order valence-electron chi connectivity index (χ3n) is 3.98. The topological polar surface area (TPSA) is 127 Å². The number of ether oxygens (including phenoxy) is 1. The number of hydrogen-bond donors (Lipinski definition) is 2. The molecule has 1 aromatic rings. The molecule has 1 aliphatic heterocycles. The summed E-state index contributed by atoms with van der Waals surface area (Å²) >= 11 is 0. The van der Waals surface area contributed by atoms with E-state index in [0.29, 0.717) is 18.8 Å². The van der Waals surface area contributed by atoms with Gasteiger partial charge in [0, 0.05) is 12.5 Å². The Balaban J connectivity index is 2.23. The van der Waals surface area contributed by atoms with Gasteiger partial charge in [-0.05, 0) is 11.8 Å². The number of aromatic amines is 1. The van der Waals surface area contributed by atoms with E-state index < -0.39 is 23.5 Å². The maximum Gasteiger partial charge on any atom is 0.328 e. The number of H-pyrrole nitrogens is 1. The first kappa shape index (κ1) is 16.3. The molecule has 0 spiro atoms. The predicted octanol–water partition coefficient (Wildman–Crippen LogP) is -0.569. The van der Waals surface area contributed by atoms with E-state index in [4.69, 9.17) is 10.5 Å². The van der Waals surface area contributed by atoms with Crippen molar-refractivity contribution in [3.05, 3.63) is 5.82 Å². The molecule has 2 rings (SSSR count). The fourth-order valence-corrected chi connectivity index (χ4v) is 2.52. The fraction of sp³-hybridized carbons (Fsp3) is 0.769. The number of amides is 1. The first-order chi connectivity index (χ1) is 10.3. The van der Waals surface area contributed by atoms with E-state index in [2.05, 4.69) is 20.6 Å². The smallest absolute Gasteiger partial charge is 0.328 e. The number of nitrogens with zero attached hydrogens (tertiary/aromatic N) is 4. The van der Waals surface area contributed by atoms with Crippen LogP contribution in [0.1, 0.15) is 38.9 Å². The lowest BCUT2D eigenvalue weighted by molar-refractivity contribution is -0.152. The molecule has 1 aromatic heterocycles. The second-order valence-electron chi connectivity index (χ2n) is 6.58. The van der Waals surface area contributed by atoms with Crippen molar-refractivity contribution < 1.29 is 14.3 Å². The van der Waals surface area contributed by atoms with E-state index >= 15 is 0 Å². The number of carbonyl (C=O) groups is 2. The molecule has 1 amide bonds. The highest BCUT2D eigenvalue weighted by molar-refractivity contribution is 5.88.